The van der Waals surface area contributed by atoms with Crippen LogP contribution in [0.15, 0.2) is 82.4 Å². The molecule has 0 aliphatic carbocycles. The number of hydrogen-bond acceptors (Lipinski definition) is 10. The molecule has 0 bridgehead atoms. The second kappa shape index (κ2) is 11.0. The lowest BCUT2D eigenvalue weighted by Crippen LogP contribution is -2.09. The minimum atomic E-state index is -0.562. The van der Waals surface area contributed by atoms with Gasteiger partial charge in [-0.2, -0.15) is 20.1 Å². The summed E-state index contributed by atoms with van der Waals surface area (Å²) in [7, 11) is 0. The lowest BCUT2D eigenvalue weighted by molar-refractivity contribution is -0.385. The fourth-order valence-electron chi connectivity index (χ4n) is 2.96. The standard InChI is InChI=1S/C23H19BrN8O3/c24-19-12-18(32(34)35)11-16(20(19)33)14-26-31-23-29-21(25-13-15-7-3-1-4-8-15)28-22(30-23)27-17-9-5-2-6-10-17/h1-12,14,33H,13H2,(H3,25,27,28,29,30,31)/b26-14-. The maximum Gasteiger partial charge on any atom is 0.271 e. The number of aromatic hydroxyl groups is 1. The molecule has 0 radical (unpaired) electrons. The summed E-state index contributed by atoms with van der Waals surface area (Å²) >= 11 is 3.10. The molecule has 11 nitrogen and oxygen atoms in total. The number of hydrazone groups is 1. The molecule has 0 spiro atoms. The molecule has 35 heavy (non-hydrogen) atoms. The van der Waals surface area contributed by atoms with Crippen LogP contribution in [0, 0.1) is 10.1 Å². The Balaban J connectivity index is 1.57. The highest BCUT2D eigenvalue weighted by Crippen LogP contribution is 2.31. The molecule has 3 aromatic carbocycles. The molecular weight excluding hydrogens is 516 g/mol. The first-order valence-corrected chi connectivity index (χ1v) is 11.1. The summed E-state index contributed by atoms with van der Waals surface area (Å²) in [6.45, 7) is 0.494. The fraction of sp³-hybridized carbons (Fsp3) is 0.0435. The average Bonchev–Trinajstić information content (AvgIpc) is 2.86. The highest BCUT2D eigenvalue weighted by molar-refractivity contribution is 9.10. The Labute approximate surface area is 208 Å². The van der Waals surface area contributed by atoms with Crippen LogP contribution in [0.4, 0.5) is 29.2 Å². The molecule has 1 aromatic heterocycles. The minimum absolute atomic E-state index is 0.120. The molecule has 1 heterocycles. The van der Waals surface area contributed by atoms with Crippen LogP contribution in [0.5, 0.6) is 5.75 Å². The molecule has 12 heteroatoms. The van der Waals surface area contributed by atoms with Gasteiger partial charge in [-0.25, -0.2) is 5.43 Å². The summed E-state index contributed by atoms with van der Waals surface area (Å²) < 4.78 is 0.176. The van der Waals surface area contributed by atoms with Crippen LogP contribution in [0.1, 0.15) is 11.1 Å². The Morgan fingerprint density at radius 1 is 0.971 bits per heavy atom. The molecule has 0 atom stereocenters. The second-order valence-electron chi connectivity index (χ2n) is 7.13. The highest BCUT2D eigenvalue weighted by atomic mass is 79.9. The van der Waals surface area contributed by atoms with E-state index in [1.807, 2.05) is 60.7 Å². The number of nitrogens with one attached hydrogen (secondary N) is 3. The summed E-state index contributed by atoms with van der Waals surface area (Å²) in [4.78, 5) is 23.6. The molecule has 0 aliphatic heterocycles. The molecule has 0 unspecified atom stereocenters. The first-order chi connectivity index (χ1) is 17.0. The topological polar surface area (TPSA) is 150 Å². The molecule has 4 rings (SSSR count). The van der Waals surface area contributed by atoms with E-state index in [1.54, 1.807) is 0 Å². The van der Waals surface area contributed by atoms with Gasteiger partial charge in [0.2, 0.25) is 17.8 Å². The predicted molar refractivity (Wildman–Crippen MR) is 137 cm³/mol. The quantitative estimate of drug-likeness (QED) is 0.131. The molecule has 4 N–H and O–H groups in total. The van der Waals surface area contributed by atoms with Crippen LogP contribution in [0.2, 0.25) is 0 Å². The number of benzene rings is 3. The van der Waals surface area contributed by atoms with Gasteiger partial charge in [-0.3, -0.25) is 10.1 Å². The van der Waals surface area contributed by atoms with Gasteiger partial charge in [0.05, 0.1) is 15.6 Å². The zero-order valence-corrected chi connectivity index (χ0v) is 19.7. The third kappa shape index (κ3) is 6.48. The van der Waals surface area contributed by atoms with E-state index < -0.39 is 4.92 Å². The lowest BCUT2D eigenvalue weighted by Gasteiger charge is -2.10. The maximum atomic E-state index is 11.1. The summed E-state index contributed by atoms with van der Waals surface area (Å²) in [5, 5.41) is 31.6. The molecule has 176 valence electrons. The van der Waals surface area contributed by atoms with E-state index in [-0.39, 0.29) is 33.4 Å². The molecule has 0 amide bonds. The summed E-state index contributed by atoms with van der Waals surface area (Å²) in [5.41, 5.74) is 4.46. The lowest BCUT2D eigenvalue weighted by atomic mass is 10.2. The number of para-hydroxylation sites is 1. The van der Waals surface area contributed by atoms with Crippen molar-refractivity contribution in [3.63, 3.8) is 0 Å². The predicted octanol–water partition coefficient (Wildman–Crippen LogP) is 5.05. The zero-order valence-electron chi connectivity index (χ0n) is 18.1. The van der Waals surface area contributed by atoms with Gasteiger partial charge in [0.25, 0.3) is 5.69 Å². The molecule has 0 saturated heterocycles. The van der Waals surface area contributed by atoms with Crippen molar-refractivity contribution in [2.45, 2.75) is 6.54 Å². The number of rotatable bonds is 9. The van der Waals surface area contributed by atoms with Crippen molar-refractivity contribution in [1.82, 2.24) is 15.0 Å². The van der Waals surface area contributed by atoms with Crippen LogP contribution in [-0.2, 0) is 6.54 Å². The number of aromatic nitrogens is 3. The Hall–Kier alpha value is -4.58. The smallest absolute Gasteiger partial charge is 0.271 e. The maximum absolute atomic E-state index is 11.1. The number of nitro benzene ring substituents is 1. The van der Waals surface area contributed by atoms with Gasteiger partial charge in [0, 0.05) is 29.9 Å². The first-order valence-electron chi connectivity index (χ1n) is 10.3. The summed E-state index contributed by atoms with van der Waals surface area (Å²) in [6.07, 6.45) is 1.23. The Morgan fingerprint density at radius 2 is 1.63 bits per heavy atom. The number of phenolic OH excluding ortho intramolecular Hbond substituents is 1. The van der Waals surface area contributed by atoms with Crippen molar-refractivity contribution in [2.24, 2.45) is 5.10 Å². The third-order valence-electron chi connectivity index (χ3n) is 4.62. The molecule has 0 fully saturated rings. The van der Waals surface area contributed by atoms with E-state index in [1.165, 1.54) is 18.3 Å². The number of halogens is 1. The number of non-ortho nitro benzene ring substituents is 1. The number of hydrogen-bond donors (Lipinski definition) is 4. The Kier molecular flexibility index (Phi) is 7.43. The fourth-order valence-corrected chi connectivity index (χ4v) is 3.42. The Bertz CT molecular complexity index is 1350. The van der Waals surface area contributed by atoms with Crippen LogP contribution < -0.4 is 16.1 Å². The van der Waals surface area contributed by atoms with E-state index in [2.05, 4.69) is 52.0 Å². The van der Waals surface area contributed by atoms with Gasteiger partial charge in [-0.15, -0.1) is 0 Å². The molecular formula is C23H19BrN8O3. The van der Waals surface area contributed by atoms with Crippen molar-refractivity contribution in [3.05, 3.63) is 98.5 Å². The van der Waals surface area contributed by atoms with Crippen molar-refractivity contribution >= 4 is 51.4 Å². The first kappa shape index (κ1) is 23.6. The van der Waals surface area contributed by atoms with Gasteiger partial charge in [0.15, 0.2) is 0 Å². The van der Waals surface area contributed by atoms with Gasteiger partial charge >= 0.3 is 0 Å². The number of phenols is 1. The molecule has 4 aromatic rings. The van der Waals surface area contributed by atoms with Crippen molar-refractivity contribution in [1.29, 1.82) is 0 Å². The van der Waals surface area contributed by atoms with Crippen LogP contribution in [0.25, 0.3) is 0 Å². The summed E-state index contributed by atoms with van der Waals surface area (Å²) in [5.74, 6) is 0.518. The average molecular weight is 535 g/mol. The number of anilines is 4. The normalized spacial score (nSPS) is 10.8. The minimum Gasteiger partial charge on any atom is -0.506 e. The SMILES string of the molecule is O=[N+]([O-])c1cc(Br)c(O)c(/C=N\Nc2nc(NCc3ccccc3)nc(Nc3ccccc3)n2)c1. The third-order valence-corrected chi connectivity index (χ3v) is 5.22. The van der Waals surface area contributed by atoms with Crippen molar-refractivity contribution < 1.29 is 10.0 Å². The monoisotopic (exact) mass is 534 g/mol. The summed E-state index contributed by atoms with van der Waals surface area (Å²) in [6, 6.07) is 21.6. The molecule has 0 saturated carbocycles. The second-order valence-corrected chi connectivity index (χ2v) is 7.98. The van der Waals surface area contributed by atoms with Gasteiger partial charge in [0.1, 0.15) is 5.75 Å². The van der Waals surface area contributed by atoms with Gasteiger partial charge in [-0.1, -0.05) is 48.5 Å². The van der Waals surface area contributed by atoms with E-state index in [0.29, 0.717) is 12.5 Å². The highest BCUT2D eigenvalue weighted by Gasteiger charge is 2.14. The van der Waals surface area contributed by atoms with E-state index >= 15 is 0 Å². The van der Waals surface area contributed by atoms with Crippen molar-refractivity contribution in [2.75, 3.05) is 16.1 Å². The zero-order chi connectivity index (χ0) is 24.6. The van der Waals surface area contributed by atoms with E-state index in [9.17, 15) is 15.2 Å². The van der Waals surface area contributed by atoms with Crippen LogP contribution >= 0.6 is 15.9 Å². The van der Waals surface area contributed by atoms with E-state index in [4.69, 9.17) is 0 Å². The Morgan fingerprint density at radius 3 is 2.34 bits per heavy atom. The van der Waals surface area contributed by atoms with Crippen LogP contribution in [0.3, 0.4) is 0 Å². The number of nitro groups is 1. The number of nitrogens with zero attached hydrogens (tertiary/aromatic N) is 5. The molecule has 0 aliphatic rings. The largest absolute Gasteiger partial charge is 0.506 e. The van der Waals surface area contributed by atoms with Gasteiger partial charge in [-0.05, 0) is 33.6 Å². The van der Waals surface area contributed by atoms with Crippen LogP contribution in [-0.4, -0.2) is 31.2 Å². The van der Waals surface area contributed by atoms with E-state index in [0.717, 1.165) is 11.3 Å². The van der Waals surface area contributed by atoms with Gasteiger partial charge < -0.3 is 15.7 Å². The van der Waals surface area contributed by atoms with Crippen molar-refractivity contribution in [3.8, 4) is 5.75 Å².